The van der Waals surface area contributed by atoms with Crippen molar-refractivity contribution in [2.75, 3.05) is 7.11 Å². The van der Waals surface area contributed by atoms with Crippen LogP contribution in [0.15, 0.2) is 93.9 Å². The number of para-hydroxylation sites is 1. The molecule has 0 bridgehead atoms. The summed E-state index contributed by atoms with van der Waals surface area (Å²) in [4.78, 5) is 32.5. The van der Waals surface area contributed by atoms with E-state index in [2.05, 4.69) is 49.6 Å². The summed E-state index contributed by atoms with van der Waals surface area (Å²) in [7, 11) is 1.35. The number of halogens is 1. The van der Waals surface area contributed by atoms with Gasteiger partial charge in [-0.2, -0.15) is 0 Å². The quantitative estimate of drug-likeness (QED) is 0.207. The summed E-state index contributed by atoms with van der Waals surface area (Å²) in [6.45, 7) is 8.74. The minimum atomic E-state index is -0.644. The van der Waals surface area contributed by atoms with E-state index in [1.165, 1.54) is 24.0 Å². The highest BCUT2D eigenvalue weighted by atomic mass is 35.5. The van der Waals surface area contributed by atoms with E-state index in [4.69, 9.17) is 21.3 Å². The van der Waals surface area contributed by atoms with Gasteiger partial charge in [0.15, 0.2) is 4.80 Å². The lowest BCUT2D eigenvalue weighted by Crippen LogP contribution is -2.39. The van der Waals surface area contributed by atoms with Gasteiger partial charge in [-0.15, -0.1) is 0 Å². The smallest absolute Gasteiger partial charge is 0.338 e. The van der Waals surface area contributed by atoms with Crippen molar-refractivity contribution in [1.29, 1.82) is 0 Å². The number of benzene rings is 3. The molecule has 0 radical (unpaired) electrons. The molecular formula is C35H32ClN3O3S. The molecule has 0 fully saturated rings. The zero-order valence-electron chi connectivity index (χ0n) is 24.7. The van der Waals surface area contributed by atoms with E-state index >= 15 is 0 Å². The Morgan fingerprint density at radius 2 is 1.74 bits per heavy atom. The minimum Gasteiger partial charge on any atom is -0.466 e. The zero-order valence-corrected chi connectivity index (χ0v) is 26.3. The van der Waals surface area contributed by atoms with Gasteiger partial charge in [0.1, 0.15) is 0 Å². The Bertz CT molecular complexity index is 2100. The zero-order chi connectivity index (χ0) is 30.4. The number of allylic oxidation sites excluding steroid dienone is 1. The molecule has 5 aromatic rings. The molecule has 0 amide bonds. The first-order valence-electron chi connectivity index (χ1n) is 14.2. The van der Waals surface area contributed by atoms with Crippen LogP contribution in [-0.4, -0.2) is 22.2 Å². The highest BCUT2D eigenvalue weighted by Crippen LogP contribution is 2.32. The molecule has 8 heteroatoms. The van der Waals surface area contributed by atoms with Crippen LogP contribution in [0.5, 0.6) is 0 Å². The van der Waals surface area contributed by atoms with Crippen molar-refractivity contribution < 1.29 is 9.53 Å². The second-order valence-corrected chi connectivity index (χ2v) is 12.5. The fourth-order valence-electron chi connectivity index (χ4n) is 5.84. The monoisotopic (exact) mass is 609 g/mol. The molecule has 2 aromatic heterocycles. The van der Waals surface area contributed by atoms with Crippen molar-refractivity contribution >= 4 is 45.9 Å². The lowest BCUT2D eigenvalue weighted by molar-refractivity contribution is -0.136. The van der Waals surface area contributed by atoms with Crippen molar-refractivity contribution in [3.05, 3.63) is 137 Å². The summed E-state index contributed by atoms with van der Waals surface area (Å²) in [5.74, 6) is -0.136. The van der Waals surface area contributed by atoms with Gasteiger partial charge in [0, 0.05) is 33.7 Å². The molecule has 6 rings (SSSR count). The maximum absolute atomic E-state index is 14.2. The molecule has 0 saturated heterocycles. The Morgan fingerprint density at radius 3 is 2.44 bits per heavy atom. The van der Waals surface area contributed by atoms with Crippen molar-refractivity contribution in [2.24, 2.45) is 4.99 Å². The highest BCUT2D eigenvalue weighted by Gasteiger charge is 2.33. The van der Waals surface area contributed by atoms with Gasteiger partial charge >= 0.3 is 5.97 Å². The number of thiazole rings is 1. The summed E-state index contributed by atoms with van der Waals surface area (Å²) < 4.78 is 9.58. The Hall–Kier alpha value is -4.20. The normalized spacial score (nSPS) is 15.2. The van der Waals surface area contributed by atoms with Crippen LogP contribution in [0.25, 0.3) is 17.0 Å². The third-order valence-corrected chi connectivity index (χ3v) is 9.54. The van der Waals surface area contributed by atoms with E-state index < -0.39 is 12.0 Å². The summed E-state index contributed by atoms with van der Waals surface area (Å²) in [5, 5.41) is 1.76. The number of nitrogens with zero attached hydrogens (tertiary/aromatic N) is 3. The molecule has 3 aromatic carbocycles. The Morgan fingerprint density at radius 1 is 1.05 bits per heavy atom. The number of hydrogen-bond donors (Lipinski definition) is 0. The Labute approximate surface area is 258 Å². The van der Waals surface area contributed by atoms with E-state index in [0.717, 1.165) is 33.3 Å². The molecule has 218 valence electrons. The average molecular weight is 610 g/mol. The third-order valence-electron chi connectivity index (χ3n) is 8.19. The van der Waals surface area contributed by atoms with Crippen LogP contribution < -0.4 is 14.9 Å². The fourth-order valence-corrected chi connectivity index (χ4v) is 7.07. The molecule has 3 heterocycles. The second kappa shape index (κ2) is 11.5. The molecule has 0 aliphatic carbocycles. The largest absolute Gasteiger partial charge is 0.466 e. The fraction of sp³-hybridized carbons (Fsp3) is 0.229. The van der Waals surface area contributed by atoms with Gasteiger partial charge in [-0.3, -0.25) is 9.36 Å². The maximum atomic E-state index is 14.2. The summed E-state index contributed by atoms with van der Waals surface area (Å²) in [6, 6.07) is 23.5. The van der Waals surface area contributed by atoms with Gasteiger partial charge in [-0.05, 0) is 54.7 Å². The van der Waals surface area contributed by atoms with E-state index in [1.54, 1.807) is 11.5 Å². The van der Waals surface area contributed by atoms with Gasteiger partial charge in [0.2, 0.25) is 0 Å². The number of fused-ring (bicyclic) bond motifs is 2. The molecule has 1 aliphatic rings. The molecule has 6 nitrogen and oxygen atoms in total. The molecular weight excluding hydrogens is 578 g/mol. The number of aromatic nitrogens is 2. The van der Waals surface area contributed by atoms with Crippen LogP contribution in [0, 0.1) is 6.92 Å². The van der Waals surface area contributed by atoms with Gasteiger partial charge in [-0.25, -0.2) is 9.79 Å². The number of carbonyl (C=O) groups excluding carboxylic acids is 1. The standard InChI is InChI=1S/C35H32ClN3O3S/c1-20(2)23-14-16-24(17-15-23)32-31(34(41)42-5)21(3)37-35-39(32)33(40)30(43-35)18-27-22(4)38(29-13-9-7-11-26(27)29)19-25-10-6-8-12-28(25)36/h6-18,20,32H,19H2,1-5H3. The molecule has 1 aliphatic heterocycles. The van der Waals surface area contributed by atoms with Crippen molar-refractivity contribution in [3.63, 3.8) is 0 Å². The van der Waals surface area contributed by atoms with Crippen molar-refractivity contribution in [1.82, 2.24) is 9.13 Å². The number of esters is 1. The lowest BCUT2D eigenvalue weighted by atomic mass is 9.93. The molecule has 43 heavy (non-hydrogen) atoms. The first-order chi connectivity index (χ1) is 20.7. The van der Waals surface area contributed by atoms with Crippen LogP contribution in [0.4, 0.5) is 0 Å². The van der Waals surface area contributed by atoms with Crippen LogP contribution in [-0.2, 0) is 16.1 Å². The maximum Gasteiger partial charge on any atom is 0.338 e. The van der Waals surface area contributed by atoms with Crippen LogP contribution in [0.1, 0.15) is 60.7 Å². The van der Waals surface area contributed by atoms with Crippen molar-refractivity contribution in [2.45, 2.75) is 46.2 Å². The Balaban J connectivity index is 1.55. The summed E-state index contributed by atoms with van der Waals surface area (Å²) in [5.41, 5.74) is 6.81. The molecule has 0 spiro atoms. The van der Waals surface area contributed by atoms with Crippen molar-refractivity contribution in [3.8, 4) is 0 Å². The minimum absolute atomic E-state index is 0.196. The lowest BCUT2D eigenvalue weighted by Gasteiger charge is -2.24. The van der Waals surface area contributed by atoms with Crippen LogP contribution in [0.3, 0.4) is 0 Å². The Kier molecular flexibility index (Phi) is 7.71. The van der Waals surface area contributed by atoms with Gasteiger partial charge in [0.25, 0.3) is 5.56 Å². The third kappa shape index (κ3) is 5.07. The predicted octanol–water partition coefficient (Wildman–Crippen LogP) is 6.50. The van der Waals surface area contributed by atoms with Gasteiger partial charge in [0.05, 0.1) is 29.0 Å². The SMILES string of the molecule is COC(=O)C1=C(C)N=c2sc(=Cc3c(C)n(Cc4ccccc4Cl)c4ccccc34)c(=O)n2C1c1ccc(C(C)C)cc1. The van der Waals surface area contributed by atoms with E-state index in [0.29, 0.717) is 38.1 Å². The first-order valence-corrected chi connectivity index (χ1v) is 15.4. The van der Waals surface area contributed by atoms with E-state index in [1.807, 2.05) is 54.6 Å². The number of ether oxygens (including phenoxy) is 1. The number of hydrogen-bond acceptors (Lipinski definition) is 5. The van der Waals surface area contributed by atoms with Crippen LogP contribution >= 0.6 is 22.9 Å². The predicted molar refractivity (Wildman–Crippen MR) is 174 cm³/mol. The highest BCUT2D eigenvalue weighted by molar-refractivity contribution is 7.07. The number of methoxy groups -OCH3 is 1. The summed E-state index contributed by atoms with van der Waals surface area (Å²) in [6.07, 6.45) is 1.96. The molecule has 0 N–H and O–H groups in total. The number of carbonyl (C=O) groups is 1. The number of rotatable bonds is 6. The first kappa shape index (κ1) is 28.9. The molecule has 0 saturated carbocycles. The second-order valence-electron chi connectivity index (χ2n) is 11.1. The topological polar surface area (TPSA) is 65.6 Å². The molecule has 1 atom stereocenters. The van der Waals surface area contributed by atoms with Gasteiger partial charge < -0.3 is 9.30 Å². The van der Waals surface area contributed by atoms with E-state index in [-0.39, 0.29) is 5.56 Å². The average Bonchev–Trinajstić information content (AvgIpc) is 3.45. The van der Waals surface area contributed by atoms with Gasteiger partial charge in [-0.1, -0.05) is 97.4 Å². The van der Waals surface area contributed by atoms with E-state index in [9.17, 15) is 9.59 Å². The van der Waals surface area contributed by atoms with Crippen LogP contribution in [0.2, 0.25) is 5.02 Å². The summed E-state index contributed by atoms with van der Waals surface area (Å²) >= 11 is 7.86. The molecule has 1 unspecified atom stereocenters.